The number of aromatic nitrogens is 1. The molecule has 3 heteroatoms. The molecule has 1 aliphatic carbocycles. The van der Waals surface area contributed by atoms with Crippen LogP contribution in [0.5, 0.6) is 0 Å². The van der Waals surface area contributed by atoms with Crippen molar-refractivity contribution in [3.63, 3.8) is 0 Å². The number of hydrogen-bond acceptors (Lipinski definition) is 3. The van der Waals surface area contributed by atoms with E-state index in [1.165, 1.54) is 12.8 Å². The van der Waals surface area contributed by atoms with Crippen LogP contribution in [0.25, 0.3) is 6.08 Å². The Morgan fingerprint density at radius 3 is 2.61 bits per heavy atom. The van der Waals surface area contributed by atoms with E-state index in [1.54, 1.807) is 12.3 Å². The van der Waals surface area contributed by atoms with E-state index in [1.807, 2.05) is 26.8 Å². The first-order chi connectivity index (χ1) is 8.44. The van der Waals surface area contributed by atoms with E-state index in [9.17, 15) is 4.79 Å². The Balaban J connectivity index is 2.00. The average Bonchev–Trinajstić information content (AvgIpc) is 3.08. The van der Waals surface area contributed by atoms with E-state index in [2.05, 4.69) is 17.1 Å². The number of ether oxygens (including phenoxy) is 1. The molecule has 0 saturated heterocycles. The van der Waals surface area contributed by atoms with Crippen molar-refractivity contribution in [1.82, 2.24) is 4.98 Å². The Labute approximate surface area is 108 Å². The maximum Gasteiger partial charge on any atom is 0.357 e. The number of pyridine rings is 1. The Hall–Kier alpha value is -1.64. The fourth-order valence-corrected chi connectivity index (χ4v) is 1.49. The first kappa shape index (κ1) is 12.8. The van der Waals surface area contributed by atoms with Gasteiger partial charge in [-0.2, -0.15) is 0 Å². The number of hydrogen-bond donors (Lipinski definition) is 0. The zero-order valence-electron chi connectivity index (χ0n) is 11.1. The van der Waals surface area contributed by atoms with E-state index in [0.29, 0.717) is 5.69 Å². The van der Waals surface area contributed by atoms with E-state index in [0.717, 1.165) is 11.5 Å². The third kappa shape index (κ3) is 3.99. The molecule has 2 rings (SSSR count). The van der Waals surface area contributed by atoms with Crippen LogP contribution in [0.1, 0.15) is 49.7 Å². The first-order valence-electron chi connectivity index (χ1n) is 6.32. The Morgan fingerprint density at radius 2 is 2.11 bits per heavy atom. The summed E-state index contributed by atoms with van der Waals surface area (Å²) in [6, 6.07) is 3.60. The predicted octanol–water partition coefficient (Wildman–Crippen LogP) is 3.46. The molecule has 0 unspecified atom stereocenters. The number of nitrogens with zero attached hydrogens (tertiary/aromatic N) is 1. The van der Waals surface area contributed by atoms with E-state index < -0.39 is 5.60 Å². The second-order valence-corrected chi connectivity index (χ2v) is 5.68. The van der Waals surface area contributed by atoms with Crippen molar-refractivity contribution in [3.8, 4) is 0 Å². The van der Waals surface area contributed by atoms with Crippen molar-refractivity contribution in [2.24, 2.45) is 5.92 Å². The highest BCUT2D eigenvalue weighted by atomic mass is 16.6. The minimum atomic E-state index is -0.483. The summed E-state index contributed by atoms with van der Waals surface area (Å²) in [5.74, 6) is 0.371. The van der Waals surface area contributed by atoms with Gasteiger partial charge >= 0.3 is 5.97 Å². The van der Waals surface area contributed by atoms with Gasteiger partial charge in [0.2, 0.25) is 0 Å². The molecule has 1 aliphatic rings. The van der Waals surface area contributed by atoms with Gasteiger partial charge in [0.15, 0.2) is 0 Å². The third-order valence-corrected chi connectivity index (χ3v) is 2.58. The molecule has 0 atom stereocenters. The molecule has 0 bridgehead atoms. The Morgan fingerprint density at radius 1 is 1.39 bits per heavy atom. The first-order valence-corrected chi connectivity index (χ1v) is 6.32. The van der Waals surface area contributed by atoms with Crippen molar-refractivity contribution in [2.45, 2.75) is 39.2 Å². The molecule has 18 heavy (non-hydrogen) atoms. The zero-order valence-corrected chi connectivity index (χ0v) is 11.1. The van der Waals surface area contributed by atoms with Crippen molar-refractivity contribution in [2.75, 3.05) is 0 Å². The lowest BCUT2D eigenvalue weighted by atomic mass is 10.2. The smallest absolute Gasteiger partial charge is 0.357 e. The summed E-state index contributed by atoms with van der Waals surface area (Å²) in [5, 5.41) is 0. The minimum Gasteiger partial charge on any atom is -0.455 e. The summed E-state index contributed by atoms with van der Waals surface area (Å²) in [6.07, 6.45) is 8.55. The summed E-state index contributed by atoms with van der Waals surface area (Å²) in [5.41, 5.74) is 0.895. The van der Waals surface area contributed by atoms with E-state index in [4.69, 9.17) is 4.74 Å². The summed E-state index contributed by atoms with van der Waals surface area (Å²) in [4.78, 5) is 15.9. The molecular formula is C15H19NO2. The molecule has 0 N–H and O–H groups in total. The molecular weight excluding hydrogens is 226 g/mol. The van der Waals surface area contributed by atoms with Crippen LogP contribution in [0.2, 0.25) is 0 Å². The monoisotopic (exact) mass is 245 g/mol. The summed E-state index contributed by atoms with van der Waals surface area (Å²) < 4.78 is 5.25. The number of allylic oxidation sites excluding steroid dienone is 1. The van der Waals surface area contributed by atoms with Gasteiger partial charge in [0.1, 0.15) is 11.3 Å². The lowest BCUT2D eigenvalue weighted by molar-refractivity contribution is 0.00629. The number of rotatable bonds is 3. The van der Waals surface area contributed by atoms with Crippen LogP contribution in [-0.2, 0) is 4.74 Å². The largest absolute Gasteiger partial charge is 0.455 e. The van der Waals surface area contributed by atoms with Crippen molar-refractivity contribution in [3.05, 3.63) is 35.7 Å². The van der Waals surface area contributed by atoms with Crippen LogP contribution in [0, 0.1) is 5.92 Å². The molecule has 0 aromatic carbocycles. The van der Waals surface area contributed by atoms with Gasteiger partial charge in [-0.3, -0.25) is 0 Å². The number of esters is 1. The van der Waals surface area contributed by atoms with Gasteiger partial charge in [0, 0.05) is 6.20 Å². The maximum absolute atomic E-state index is 11.7. The highest BCUT2D eigenvalue weighted by Gasteiger charge is 2.19. The van der Waals surface area contributed by atoms with Gasteiger partial charge in [-0.05, 0) is 51.2 Å². The second-order valence-electron chi connectivity index (χ2n) is 5.68. The Kier molecular flexibility index (Phi) is 3.50. The second kappa shape index (κ2) is 4.92. The van der Waals surface area contributed by atoms with Crippen LogP contribution in [0.15, 0.2) is 24.4 Å². The summed E-state index contributed by atoms with van der Waals surface area (Å²) in [7, 11) is 0. The molecule has 96 valence electrons. The van der Waals surface area contributed by atoms with Gasteiger partial charge in [-0.25, -0.2) is 9.78 Å². The SMILES string of the molecule is CC(C)(C)OC(=O)c1ccc(/C=C/C2CC2)cn1. The highest BCUT2D eigenvalue weighted by molar-refractivity contribution is 5.87. The molecule has 1 fully saturated rings. The summed E-state index contributed by atoms with van der Waals surface area (Å²) >= 11 is 0. The van der Waals surface area contributed by atoms with Crippen LogP contribution in [0.4, 0.5) is 0 Å². The van der Waals surface area contributed by atoms with E-state index >= 15 is 0 Å². The molecule has 0 spiro atoms. The lowest BCUT2D eigenvalue weighted by Crippen LogP contribution is -2.24. The van der Waals surface area contributed by atoms with Gasteiger partial charge < -0.3 is 4.74 Å². The van der Waals surface area contributed by atoms with Gasteiger partial charge in [-0.1, -0.05) is 18.2 Å². The van der Waals surface area contributed by atoms with Crippen LogP contribution in [0.3, 0.4) is 0 Å². The van der Waals surface area contributed by atoms with Crippen molar-refractivity contribution >= 4 is 12.0 Å². The molecule has 3 nitrogen and oxygen atoms in total. The topological polar surface area (TPSA) is 39.2 Å². The van der Waals surface area contributed by atoms with Crippen LogP contribution < -0.4 is 0 Å². The molecule has 1 aromatic heterocycles. The Bertz CT molecular complexity index is 450. The lowest BCUT2D eigenvalue weighted by Gasteiger charge is -2.18. The van der Waals surface area contributed by atoms with Crippen LogP contribution in [-0.4, -0.2) is 16.6 Å². The van der Waals surface area contributed by atoms with Gasteiger partial charge in [0.05, 0.1) is 0 Å². The molecule has 1 aromatic rings. The number of carbonyl (C=O) groups is 1. The van der Waals surface area contributed by atoms with Crippen molar-refractivity contribution in [1.29, 1.82) is 0 Å². The number of carbonyl (C=O) groups excluding carboxylic acids is 1. The summed E-state index contributed by atoms with van der Waals surface area (Å²) in [6.45, 7) is 5.53. The maximum atomic E-state index is 11.7. The van der Waals surface area contributed by atoms with Gasteiger partial charge in [0.25, 0.3) is 0 Å². The fraction of sp³-hybridized carbons (Fsp3) is 0.467. The highest BCUT2D eigenvalue weighted by Crippen LogP contribution is 2.30. The fourth-order valence-electron chi connectivity index (χ4n) is 1.49. The average molecular weight is 245 g/mol. The third-order valence-electron chi connectivity index (χ3n) is 2.58. The van der Waals surface area contributed by atoms with Gasteiger partial charge in [-0.15, -0.1) is 0 Å². The molecule has 0 amide bonds. The predicted molar refractivity (Wildman–Crippen MR) is 71.2 cm³/mol. The molecule has 0 aliphatic heterocycles. The minimum absolute atomic E-state index is 0.355. The molecule has 0 radical (unpaired) electrons. The quantitative estimate of drug-likeness (QED) is 0.765. The van der Waals surface area contributed by atoms with E-state index in [-0.39, 0.29) is 5.97 Å². The van der Waals surface area contributed by atoms with Crippen LogP contribution >= 0.6 is 0 Å². The standard InChI is InChI=1S/C15H19NO2/c1-15(2,3)18-14(17)13-9-8-12(10-16-13)7-6-11-4-5-11/h6-11H,4-5H2,1-3H3/b7-6+. The van der Waals surface area contributed by atoms with Crippen molar-refractivity contribution < 1.29 is 9.53 Å². The molecule has 1 heterocycles. The molecule has 1 saturated carbocycles. The normalized spacial score (nSPS) is 15.9. The zero-order chi connectivity index (χ0) is 13.2.